The molecule has 0 bridgehead atoms. The van der Waals surface area contributed by atoms with Crippen LogP contribution in [0.5, 0.6) is 5.75 Å². The van der Waals surface area contributed by atoms with Crippen LogP contribution in [0.25, 0.3) is 0 Å². The van der Waals surface area contributed by atoms with Gasteiger partial charge in [-0.1, -0.05) is 36.4 Å². The number of phenolic OH excluding ortho intramolecular Hbond substituents is 1. The molecule has 0 aliphatic heterocycles. The van der Waals surface area contributed by atoms with Crippen molar-refractivity contribution in [3.63, 3.8) is 0 Å². The zero-order valence-electron chi connectivity index (χ0n) is 9.09. The highest BCUT2D eigenvalue weighted by Gasteiger charge is 2.11. The fourth-order valence-corrected chi connectivity index (χ4v) is 1.73. The molecule has 82 valence electrons. The summed E-state index contributed by atoms with van der Waals surface area (Å²) in [5.74, 6) is 0.209. The normalized spacial score (nSPS) is 12.4. The average molecular weight is 214 g/mol. The van der Waals surface area contributed by atoms with Crippen LogP contribution in [0.1, 0.15) is 22.8 Å². The second-order valence-electron chi connectivity index (χ2n) is 3.85. The molecule has 2 rings (SSSR count). The van der Waals surface area contributed by atoms with Crippen molar-refractivity contribution in [2.45, 2.75) is 13.0 Å². The van der Waals surface area contributed by atoms with Crippen molar-refractivity contribution in [2.75, 3.05) is 0 Å². The highest BCUT2D eigenvalue weighted by atomic mass is 16.3. The number of hydrogen-bond donors (Lipinski definition) is 2. The smallest absolute Gasteiger partial charge is 0.115 e. The van der Waals surface area contributed by atoms with E-state index in [2.05, 4.69) is 0 Å². The maximum absolute atomic E-state index is 10.2. The number of aliphatic hydroxyl groups is 1. The number of aromatic hydroxyl groups is 1. The third-order valence-electron chi connectivity index (χ3n) is 2.69. The topological polar surface area (TPSA) is 40.5 Å². The predicted octanol–water partition coefficient (Wildman–Crippen LogP) is 2.78. The number of benzene rings is 2. The summed E-state index contributed by atoms with van der Waals surface area (Å²) < 4.78 is 0. The Morgan fingerprint density at radius 1 is 0.938 bits per heavy atom. The molecular weight excluding hydrogens is 200 g/mol. The van der Waals surface area contributed by atoms with Gasteiger partial charge in [-0.15, -0.1) is 0 Å². The lowest BCUT2D eigenvalue weighted by Gasteiger charge is -2.13. The molecule has 0 aromatic heterocycles. The van der Waals surface area contributed by atoms with Crippen LogP contribution in [0, 0.1) is 6.92 Å². The summed E-state index contributed by atoms with van der Waals surface area (Å²) in [4.78, 5) is 0. The molecule has 1 atom stereocenters. The molecule has 0 fully saturated rings. The first kappa shape index (κ1) is 10.7. The second kappa shape index (κ2) is 4.37. The Bertz CT molecular complexity index is 474. The fourth-order valence-electron chi connectivity index (χ4n) is 1.73. The van der Waals surface area contributed by atoms with Crippen LogP contribution in [0.2, 0.25) is 0 Å². The molecule has 2 aromatic rings. The van der Waals surface area contributed by atoms with Crippen molar-refractivity contribution < 1.29 is 10.2 Å². The van der Waals surface area contributed by atoms with E-state index in [-0.39, 0.29) is 5.75 Å². The van der Waals surface area contributed by atoms with Crippen LogP contribution in [0.15, 0.2) is 48.5 Å². The van der Waals surface area contributed by atoms with Crippen molar-refractivity contribution in [1.29, 1.82) is 0 Å². The summed E-state index contributed by atoms with van der Waals surface area (Å²) in [5.41, 5.74) is 2.74. The first-order valence-electron chi connectivity index (χ1n) is 5.21. The number of aryl methyl sites for hydroxylation is 1. The zero-order valence-corrected chi connectivity index (χ0v) is 9.09. The van der Waals surface area contributed by atoms with E-state index in [1.165, 1.54) is 0 Å². The largest absolute Gasteiger partial charge is 0.508 e. The predicted molar refractivity (Wildman–Crippen MR) is 63.3 cm³/mol. The highest BCUT2D eigenvalue weighted by molar-refractivity contribution is 5.36. The van der Waals surface area contributed by atoms with Gasteiger partial charge in [-0.3, -0.25) is 0 Å². The van der Waals surface area contributed by atoms with Crippen molar-refractivity contribution in [3.8, 4) is 5.75 Å². The highest BCUT2D eigenvalue weighted by Crippen LogP contribution is 2.25. The maximum atomic E-state index is 10.2. The van der Waals surface area contributed by atoms with Crippen LogP contribution >= 0.6 is 0 Å². The number of hydrogen-bond acceptors (Lipinski definition) is 2. The Morgan fingerprint density at radius 2 is 1.56 bits per heavy atom. The van der Waals surface area contributed by atoms with E-state index < -0.39 is 6.10 Å². The Balaban J connectivity index is 2.35. The van der Waals surface area contributed by atoms with E-state index in [1.807, 2.05) is 31.2 Å². The lowest BCUT2D eigenvalue weighted by Crippen LogP contribution is -2.01. The van der Waals surface area contributed by atoms with E-state index in [4.69, 9.17) is 0 Å². The van der Waals surface area contributed by atoms with E-state index in [0.29, 0.717) is 0 Å². The first-order chi connectivity index (χ1) is 7.68. The van der Waals surface area contributed by atoms with Crippen LogP contribution in [0.4, 0.5) is 0 Å². The Hall–Kier alpha value is -1.80. The van der Waals surface area contributed by atoms with Gasteiger partial charge in [-0.05, 0) is 35.7 Å². The van der Waals surface area contributed by atoms with Crippen molar-refractivity contribution in [3.05, 3.63) is 65.2 Å². The van der Waals surface area contributed by atoms with E-state index >= 15 is 0 Å². The Morgan fingerprint density at radius 3 is 2.19 bits per heavy atom. The molecule has 2 nitrogen and oxygen atoms in total. The second-order valence-corrected chi connectivity index (χ2v) is 3.85. The van der Waals surface area contributed by atoms with Gasteiger partial charge in [0.05, 0.1) is 0 Å². The van der Waals surface area contributed by atoms with Gasteiger partial charge in [0.15, 0.2) is 0 Å². The third kappa shape index (κ3) is 2.07. The Labute approximate surface area is 94.8 Å². The molecule has 0 heterocycles. The zero-order chi connectivity index (χ0) is 11.5. The molecule has 0 aliphatic carbocycles. The van der Waals surface area contributed by atoms with Crippen LogP contribution in [-0.4, -0.2) is 10.2 Å². The van der Waals surface area contributed by atoms with Gasteiger partial charge in [0, 0.05) is 0 Å². The van der Waals surface area contributed by atoms with Crippen molar-refractivity contribution in [1.82, 2.24) is 0 Å². The minimum absolute atomic E-state index is 0.209. The molecule has 0 spiro atoms. The Kier molecular flexibility index (Phi) is 2.93. The van der Waals surface area contributed by atoms with E-state index in [9.17, 15) is 10.2 Å². The number of phenols is 1. The summed E-state index contributed by atoms with van der Waals surface area (Å²) >= 11 is 0. The molecule has 0 amide bonds. The molecule has 2 N–H and O–H groups in total. The van der Waals surface area contributed by atoms with Gasteiger partial charge in [0.25, 0.3) is 0 Å². The van der Waals surface area contributed by atoms with Gasteiger partial charge in [0.2, 0.25) is 0 Å². The van der Waals surface area contributed by atoms with Gasteiger partial charge >= 0.3 is 0 Å². The fraction of sp³-hybridized carbons (Fsp3) is 0.143. The minimum atomic E-state index is -0.637. The van der Waals surface area contributed by atoms with Gasteiger partial charge in [-0.2, -0.15) is 0 Å². The van der Waals surface area contributed by atoms with Crippen LogP contribution in [0.3, 0.4) is 0 Å². The average Bonchev–Trinajstić information content (AvgIpc) is 2.30. The lowest BCUT2D eigenvalue weighted by molar-refractivity contribution is 0.219. The standard InChI is InChI=1S/C14H14O2/c1-10-4-2-3-5-13(10)14(16)11-6-8-12(15)9-7-11/h2-9,14-16H,1H3. The molecule has 0 saturated heterocycles. The molecule has 0 aliphatic rings. The molecular formula is C14H14O2. The summed E-state index contributed by atoms with van der Waals surface area (Å²) in [5, 5.41) is 19.4. The molecule has 2 aromatic carbocycles. The molecule has 1 unspecified atom stereocenters. The van der Waals surface area contributed by atoms with Gasteiger partial charge in [0.1, 0.15) is 11.9 Å². The quantitative estimate of drug-likeness (QED) is 0.807. The molecule has 0 saturated carbocycles. The summed E-state index contributed by atoms with van der Waals surface area (Å²) in [6.45, 7) is 1.97. The number of rotatable bonds is 2. The van der Waals surface area contributed by atoms with Crippen LogP contribution < -0.4 is 0 Å². The SMILES string of the molecule is Cc1ccccc1C(O)c1ccc(O)cc1. The summed E-state index contributed by atoms with van der Waals surface area (Å²) in [6.07, 6.45) is -0.637. The molecule has 16 heavy (non-hydrogen) atoms. The lowest BCUT2D eigenvalue weighted by atomic mass is 9.98. The molecule has 0 radical (unpaired) electrons. The van der Waals surface area contributed by atoms with Crippen molar-refractivity contribution in [2.24, 2.45) is 0 Å². The van der Waals surface area contributed by atoms with Crippen LogP contribution in [-0.2, 0) is 0 Å². The van der Waals surface area contributed by atoms with E-state index in [1.54, 1.807) is 24.3 Å². The first-order valence-corrected chi connectivity index (χ1v) is 5.21. The van der Waals surface area contributed by atoms with E-state index in [0.717, 1.165) is 16.7 Å². The van der Waals surface area contributed by atoms with Gasteiger partial charge in [-0.25, -0.2) is 0 Å². The van der Waals surface area contributed by atoms with Gasteiger partial charge < -0.3 is 10.2 Å². The van der Waals surface area contributed by atoms with Crippen molar-refractivity contribution >= 4 is 0 Å². The molecule has 2 heteroatoms. The maximum Gasteiger partial charge on any atom is 0.115 e. The summed E-state index contributed by atoms with van der Waals surface area (Å²) in [7, 11) is 0. The monoisotopic (exact) mass is 214 g/mol. The summed E-state index contributed by atoms with van der Waals surface area (Å²) in [6, 6.07) is 14.4. The number of aliphatic hydroxyl groups excluding tert-OH is 1. The third-order valence-corrected chi connectivity index (χ3v) is 2.69. The minimum Gasteiger partial charge on any atom is -0.508 e.